The zero-order valence-electron chi connectivity index (χ0n) is 15.9. The molecular weight excluding hydrogens is 407 g/mol. The number of rotatable bonds is 6. The van der Waals surface area contributed by atoms with Crippen molar-refractivity contribution < 1.29 is 41.8 Å². The minimum atomic E-state index is -4.72. The number of ketones is 3. The van der Waals surface area contributed by atoms with Crippen molar-refractivity contribution in [3.63, 3.8) is 0 Å². The zero-order chi connectivity index (χ0) is 21.5. The van der Waals surface area contributed by atoms with Crippen LogP contribution in [0.2, 0.25) is 0 Å². The maximum absolute atomic E-state index is 13.1. The van der Waals surface area contributed by atoms with E-state index in [4.69, 9.17) is 14.2 Å². The molecule has 2 bridgehead atoms. The van der Waals surface area contributed by atoms with Crippen molar-refractivity contribution in [2.45, 2.75) is 38.3 Å². The van der Waals surface area contributed by atoms with Crippen LogP contribution in [-0.2, 0) is 36.6 Å². The molecule has 1 aliphatic heterocycles. The SMILES string of the molecule is O=C(c1ccc(C(F)(F)F)nc1COCC1OCCO1)C1C(=O)C2CCC(C2)C1=O. The van der Waals surface area contributed by atoms with E-state index in [-0.39, 0.29) is 29.7 Å². The van der Waals surface area contributed by atoms with Crippen molar-refractivity contribution in [1.82, 2.24) is 4.98 Å². The maximum Gasteiger partial charge on any atom is 0.433 e. The molecule has 0 spiro atoms. The lowest BCUT2D eigenvalue weighted by Gasteiger charge is -2.25. The van der Waals surface area contributed by atoms with Gasteiger partial charge in [-0.25, -0.2) is 4.98 Å². The number of hydrogen-bond acceptors (Lipinski definition) is 7. The second-order valence-corrected chi connectivity index (χ2v) is 7.68. The molecule has 1 aromatic rings. The van der Waals surface area contributed by atoms with E-state index in [1.165, 1.54) is 0 Å². The molecule has 4 rings (SSSR count). The van der Waals surface area contributed by atoms with Crippen molar-refractivity contribution in [3.05, 3.63) is 29.1 Å². The van der Waals surface area contributed by atoms with E-state index in [0.29, 0.717) is 38.5 Å². The Hall–Kier alpha value is -2.17. The predicted octanol–water partition coefficient (Wildman–Crippen LogP) is 2.36. The van der Waals surface area contributed by atoms with Gasteiger partial charge in [-0.3, -0.25) is 14.4 Å². The van der Waals surface area contributed by atoms with Crippen molar-refractivity contribution >= 4 is 17.3 Å². The van der Waals surface area contributed by atoms with Gasteiger partial charge in [0.1, 0.15) is 11.6 Å². The quantitative estimate of drug-likeness (QED) is 0.508. The van der Waals surface area contributed by atoms with Crippen molar-refractivity contribution in [3.8, 4) is 0 Å². The molecule has 2 aliphatic carbocycles. The van der Waals surface area contributed by atoms with Crippen LogP contribution >= 0.6 is 0 Å². The van der Waals surface area contributed by atoms with Gasteiger partial charge in [-0.05, 0) is 31.4 Å². The van der Waals surface area contributed by atoms with Gasteiger partial charge in [-0.1, -0.05) is 0 Å². The largest absolute Gasteiger partial charge is 0.433 e. The Morgan fingerprint density at radius 3 is 2.33 bits per heavy atom. The Morgan fingerprint density at radius 1 is 1.10 bits per heavy atom. The fourth-order valence-corrected chi connectivity index (χ4v) is 4.27. The first kappa shape index (κ1) is 21.1. The van der Waals surface area contributed by atoms with Crippen LogP contribution in [0.4, 0.5) is 13.2 Å². The number of nitrogens with zero attached hydrogens (tertiary/aromatic N) is 1. The zero-order valence-corrected chi connectivity index (χ0v) is 15.9. The summed E-state index contributed by atoms with van der Waals surface area (Å²) < 4.78 is 55.1. The first-order chi connectivity index (χ1) is 14.3. The highest BCUT2D eigenvalue weighted by Crippen LogP contribution is 2.41. The first-order valence-electron chi connectivity index (χ1n) is 9.75. The molecule has 3 aliphatic rings. The first-order valence-corrected chi connectivity index (χ1v) is 9.75. The molecule has 2 atom stereocenters. The van der Waals surface area contributed by atoms with Crippen molar-refractivity contribution in [2.24, 2.45) is 17.8 Å². The summed E-state index contributed by atoms with van der Waals surface area (Å²) in [7, 11) is 0. The van der Waals surface area contributed by atoms with Crippen molar-refractivity contribution in [1.29, 1.82) is 0 Å². The summed E-state index contributed by atoms with van der Waals surface area (Å²) in [5.74, 6) is -3.87. The van der Waals surface area contributed by atoms with Gasteiger partial charge in [-0.2, -0.15) is 13.2 Å². The van der Waals surface area contributed by atoms with Gasteiger partial charge in [0, 0.05) is 17.4 Å². The molecule has 10 heteroatoms. The minimum absolute atomic E-state index is 0.0585. The van der Waals surface area contributed by atoms with Gasteiger partial charge in [0.15, 0.2) is 23.6 Å². The number of pyridine rings is 1. The van der Waals surface area contributed by atoms with E-state index in [2.05, 4.69) is 4.98 Å². The van der Waals surface area contributed by atoms with Gasteiger partial charge in [-0.15, -0.1) is 0 Å². The molecule has 2 unspecified atom stereocenters. The maximum atomic E-state index is 13.1. The number of carbonyl (C=O) groups excluding carboxylic acids is 3. The molecule has 2 saturated carbocycles. The second kappa shape index (κ2) is 8.16. The van der Waals surface area contributed by atoms with Crippen molar-refractivity contribution in [2.75, 3.05) is 19.8 Å². The molecule has 3 fully saturated rings. The van der Waals surface area contributed by atoms with Crippen LogP contribution in [-0.4, -0.2) is 48.4 Å². The second-order valence-electron chi connectivity index (χ2n) is 7.68. The summed E-state index contributed by atoms with van der Waals surface area (Å²) in [6.07, 6.45) is -3.80. The van der Waals surface area contributed by atoms with Gasteiger partial charge in [0.25, 0.3) is 0 Å². The number of carbonyl (C=O) groups is 3. The van der Waals surface area contributed by atoms with Crippen LogP contribution in [0.5, 0.6) is 0 Å². The number of Topliss-reactive ketones (excluding diaryl/α,β-unsaturated/α-hetero) is 3. The third-order valence-electron chi connectivity index (χ3n) is 5.78. The molecule has 0 N–H and O–H groups in total. The summed E-state index contributed by atoms with van der Waals surface area (Å²) in [4.78, 5) is 41.9. The molecule has 1 saturated heterocycles. The monoisotopic (exact) mass is 427 g/mol. The Balaban J connectivity index is 1.59. The van der Waals surface area contributed by atoms with Crippen LogP contribution in [0.3, 0.4) is 0 Å². The average molecular weight is 427 g/mol. The van der Waals surface area contributed by atoms with Gasteiger partial charge in [0.05, 0.1) is 32.1 Å². The van der Waals surface area contributed by atoms with E-state index in [0.717, 1.165) is 6.07 Å². The molecule has 1 aromatic heterocycles. The normalized spacial score (nSPS) is 27.1. The van der Waals surface area contributed by atoms with Gasteiger partial charge in [0.2, 0.25) is 0 Å². The fraction of sp³-hybridized carbons (Fsp3) is 0.600. The summed E-state index contributed by atoms with van der Waals surface area (Å²) in [6.45, 7) is 0.286. The third kappa shape index (κ3) is 4.03. The molecule has 7 nitrogen and oxygen atoms in total. The molecule has 30 heavy (non-hydrogen) atoms. The lowest BCUT2D eigenvalue weighted by Crippen LogP contribution is -2.42. The minimum Gasteiger partial charge on any atom is -0.370 e. The molecule has 0 aromatic carbocycles. The number of aromatic nitrogens is 1. The molecule has 0 radical (unpaired) electrons. The Labute approximate surface area is 169 Å². The Bertz CT molecular complexity index is 843. The lowest BCUT2D eigenvalue weighted by molar-refractivity contribution is -0.142. The summed E-state index contributed by atoms with van der Waals surface area (Å²) >= 11 is 0. The topological polar surface area (TPSA) is 91.8 Å². The third-order valence-corrected chi connectivity index (χ3v) is 5.78. The van der Waals surface area contributed by atoms with Crippen LogP contribution in [0.15, 0.2) is 12.1 Å². The highest BCUT2D eigenvalue weighted by Gasteiger charge is 2.50. The van der Waals surface area contributed by atoms with E-state index in [1.807, 2.05) is 0 Å². The summed E-state index contributed by atoms with van der Waals surface area (Å²) in [6, 6.07) is 1.64. The van der Waals surface area contributed by atoms with E-state index < -0.39 is 48.0 Å². The number of fused-ring (bicyclic) bond motifs is 2. The number of hydrogen-bond donors (Lipinski definition) is 0. The van der Waals surface area contributed by atoms with E-state index >= 15 is 0 Å². The van der Waals surface area contributed by atoms with Crippen LogP contribution in [0.25, 0.3) is 0 Å². The van der Waals surface area contributed by atoms with Crippen LogP contribution in [0, 0.1) is 17.8 Å². The van der Waals surface area contributed by atoms with Gasteiger partial charge < -0.3 is 14.2 Å². The summed E-state index contributed by atoms with van der Waals surface area (Å²) in [5.41, 5.74) is -1.66. The molecule has 162 valence electrons. The standard InChI is InChI=1S/C20H20F3NO6/c21-20(22,23)14-4-3-12(13(24-14)8-28-9-15-29-5-6-30-15)19(27)16-17(25)10-1-2-11(7-10)18(16)26/h3-4,10-11,15-16H,1-2,5-9H2. The number of alkyl halides is 3. The van der Waals surface area contributed by atoms with E-state index in [1.54, 1.807) is 0 Å². The number of ether oxygens (including phenoxy) is 3. The number of halogens is 3. The summed E-state index contributed by atoms with van der Waals surface area (Å²) in [5, 5.41) is 0. The average Bonchev–Trinajstić information content (AvgIpc) is 3.37. The molecule has 2 heterocycles. The highest BCUT2D eigenvalue weighted by molar-refractivity contribution is 6.26. The molecule has 0 amide bonds. The predicted molar refractivity (Wildman–Crippen MR) is 93.3 cm³/mol. The fourth-order valence-electron chi connectivity index (χ4n) is 4.27. The van der Waals surface area contributed by atoms with Gasteiger partial charge >= 0.3 is 6.18 Å². The Kier molecular flexibility index (Phi) is 5.73. The highest BCUT2D eigenvalue weighted by atomic mass is 19.4. The molecular formula is C20H20F3NO6. The Morgan fingerprint density at radius 2 is 1.73 bits per heavy atom. The lowest BCUT2D eigenvalue weighted by atomic mass is 9.75. The van der Waals surface area contributed by atoms with Crippen LogP contribution < -0.4 is 0 Å². The smallest absolute Gasteiger partial charge is 0.370 e. The van der Waals surface area contributed by atoms with E-state index in [9.17, 15) is 27.6 Å². The van der Waals surface area contributed by atoms with Crippen LogP contribution in [0.1, 0.15) is 41.0 Å².